The van der Waals surface area contributed by atoms with Crippen molar-refractivity contribution in [2.24, 2.45) is 0 Å². The minimum atomic E-state index is -1.46. The van der Waals surface area contributed by atoms with Gasteiger partial charge in [0, 0.05) is 18.0 Å². The minimum Gasteiger partial charge on any atom is -0.383 e. The Balaban J connectivity index is 1.90. The maximum absolute atomic E-state index is 13.4. The Bertz CT molecular complexity index is 717. The molecule has 0 amide bonds. The van der Waals surface area contributed by atoms with Crippen molar-refractivity contribution in [1.82, 2.24) is 10.1 Å². The maximum Gasteiger partial charge on any atom is 0.280 e. The number of rotatable bonds is 2. The third kappa shape index (κ3) is 2.68. The molecule has 1 saturated heterocycles. The molecule has 0 radical (unpaired) electrons. The van der Waals surface area contributed by atoms with Crippen LogP contribution in [0.25, 0.3) is 0 Å². The van der Waals surface area contributed by atoms with E-state index in [1.807, 2.05) is 11.9 Å². The van der Waals surface area contributed by atoms with Crippen molar-refractivity contribution in [2.75, 3.05) is 13.6 Å². The minimum absolute atomic E-state index is 0.0312. The number of aromatic nitrogens is 1. The molecular weight excluding hydrogens is 297 g/mol. The molecule has 1 aromatic carbocycles. The molecule has 22 heavy (non-hydrogen) atoms. The molecule has 0 saturated carbocycles. The summed E-state index contributed by atoms with van der Waals surface area (Å²) >= 11 is 0. The third-order valence-corrected chi connectivity index (χ3v) is 4.21. The number of nitrogens with one attached hydrogen (secondary N) is 1. The van der Waals surface area contributed by atoms with Gasteiger partial charge in [0.1, 0.15) is 5.76 Å². The van der Waals surface area contributed by atoms with Crippen LogP contribution >= 0.6 is 0 Å². The van der Waals surface area contributed by atoms with Crippen LogP contribution in [0.3, 0.4) is 0 Å². The van der Waals surface area contributed by atoms with E-state index in [2.05, 4.69) is 5.16 Å². The lowest BCUT2D eigenvalue weighted by Crippen LogP contribution is -2.33. The van der Waals surface area contributed by atoms with Crippen LogP contribution in [0.2, 0.25) is 0 Å². The number of nitrogens with zero attached hydrogens (tertiary/aromatic N) is 1. The fourth-order valence-electron chi connectivity index (χ4n) is 3.00. The van der Waals surface area contributed by atoms with Crippen LogP contribution < -0.4 is 5.56 Å². The van der Waals surface area contributed by atoms with Gasteiger partial charge in [-0.1, -0.05) is 0 Å². The highest BCUT2D eigenvalue weighted by Gasteiger charge is 2.31. The first kappa shape index (κ1) is 14.9. The fraction of sp³-hybridized carbons (Fsp3) is 0.400. The average molecular weight is 312 g/mol. The summed E-state index contributed by atoms with van der Waals surface area (Å²) in [6.45, 7) is 0.671. The lowest BCUT2D eigenvalue weighted by molar-refractivity contribution is 0.156. The van der Waals surface area contributed by atoms with Crippen molar-refractivity contribution in [3.63, 3.8) is 0 Å². The van der Waals surface area contributed by atoms with Crippen molar-refractivity contribution in [3.05, 3.63) is 57.3 Å². The van der Waals surface area contributed by atoms with Gasteiger partial charge < -0.3 is 4.52 Å². The van der Waals surface area contributed by atoms with Crippen LogP contribution in [0.1, 0.15) is 36.1 Å². The second-order valence-electron chi connectivity index (χ2n) is 5.63. The summed E-state index contributed by atoms with van der Waals surface area (Å²) in [5, 5.41) is 2.24. The molecule has 3 rings (SSSR count). The molecule has 1 aromatic heterocycles. The topological polar surface area (TPSA) is 49.2 Å². The van der Waals surface area contributed by atoms with Crippen LogP contribution in [0.15, 0.2) is 27.5 Å². The molecule has 0 spiro atoms. The smallest absolute Gasteiger partial charge is 0.280 e. The highest BCUT2D eigenvalue weighted by Crippen LogP contribution is 2.38. The molecule has 4 nitrogen and oxygen atoms in total. The van der Waals surface area contributed by atoms with E-state index in [-0.39, 0.29) is 17.5 Å². The molecule has 1 aliphatic heterocycles. The quantitative estimate of drug-likeness (QED) is 0.868. The van der Waals surface area contributed by atoms with E-state index in [1.165, 1.54) is 6.07 Å². The number of halogens is 3. The van der Waals surface area contributed by atoms with Gasteiger partial charge >= 0.3 is 0 Å². The van der Waals surface area contributed by atoms with Gasteiger partial charge in [-0.05, 0) is 44.1 Å². The van der Waals surface area contributed by atoms with E-state index in [1.54, 1.807) is 0 Å². The Morgan fingerprint density at radius 2 is 1.91 bits per heavy atom. The summed E-state index contributed by atoms with van der Waals surface area (Å²) in [7, 11) is 1.84. The summed E-state index contributed by atoms with van der Waals surface area (Å²) in [6, 6.07) is 3.16. The Hall–Kier alpha value is -2.02. The van der Waals surface area contributed by atoms with E-state index in [0.29, 0.717) is 24.3 Å². The van der Waals surface area contributed by atoms with Crippen LogP contribution in [-0.2, 0) is 0 Å². The maximum atomic E-state index is 13.4. The molecule has 0 aliphatic carbocycles. The largest absolute Gasteiger partial charge is 0.383 e. The number of benzene rings is 1. The monoisotopic (exact) mass is 312 g/mol. The van der Waals surface area contributed by atoms with Gasteiger partial charge in [0.05, 0.1) is 0 Å². The summed E-state index contributed by atoms with van der Waals surface area (Å²) < 4.78 is 45.1. The summed E-state index contributed by atoms with van der Waals surface area (Å²) in [5.41, 5.74) is 0.0610. The zero-order valence-electron chi connectivity index (χ0n) is 11.9. The Kier molecular flexibility index (Phi) is 3.82. The lowest BCUT2D eigenvalue weighted by atomic mass is 9.86. The van der Waals surface area contributed by atoms with Gasteiger partial charge in [-0.15, -0.1) is 0 Å². The number of H-pyrrole nitrogens is 1. The normalized spacial score (nSPS) is 22.9. The van der Waals surface area contributed by atoms with E-state index >= 15 is 0 Å². The Labute approximate surface area is 124 Å². The zero-order valence-corrected chi connectivity index (χ0v) is 11.9. The molecule has 2 heterocycles. The van der Waals surface area contributed by atoms with Crippen LogP contribution in [0.5, 0.6) is 0 Å². The number of hydrogen-bond donors (Lipinski definition) is 1. The van der Waals surface area contributed by atoms with Crippen molar-refractivity contribution in [3.8, 4) is 0 Å². The van der Waals surface area contributed by atoms with Crippen molar-refractivity contribution in [2.45, 2.75) is 24.8 Å². The molecule has 1 fully saturated rings. The van der Waals surface area contributed by atoms with Gasteiger partial charge in [-0.2, -0.15) is 5.16 Å². The average Bonchev–Trinajstić information content (AvgIpc) is 2.91. The molecule has 118 valence electrons. The molecule has 0 unspecified atom stereocenters. The van der Waals surface area contributed by atoms with Crippen LogP contribution in [-0.4, -0.2) is 23.6 Å². The summed E-state index contributed by atoms with van der Waals surface area (Å²) in [4.78, 5) is 13.1. The standard InChI is InChI=1S/C15H15F3N2O2/c1-20-3-2-8(13-7-14(21)19-22-13)6-12(20)9-4-10(16)15(18)11(17)5-9/h4-5,7-8,12H,2-3,6H2,1H3,(H,19,21)/t8-,12+/m0/s1. The highest BCUT2D eigenvalue weighted by molar-refractivity contribution is 5.24. The molecular formula is C15H15F3N2O2. The van der Waals surface area contributed by atoms with Gasteiger partial charge in [0.15, 0.2) is 17.5 Å². The van der Waals surface area contributed by atoms with Crippen LogP contribution in [0, 0.1) is 17.5 Å². The summed E-state index contributed by atoms with van der Waals surface area (Å²) in [6.07, 6.45) is 1.29. The lowest BCUT2D eigenvalue weighted by Gasteiger charge is -2.36. The van der Waals surface area contributed by atoms with Crippen molar-refractivity contribution in [1.29, 1.82) is 0 Å². The summed E-state index contributed by atoms with van der Waals surface area (Å²) in [5.74, 6) is -3.35. The second-order valence-corrected chi connectivity index (χ2v) is 5.63. The number of likely N-dealkylation sites (tertiary alicyclic amines) is 1. The van der Waals surface area contributed by atoms with Gasteiger partial charge in [0.25, 0.3) is 5.56 Å². The molecule has 1 aliphatic rings. The van der Waals surface area contributed by atoms with E-state index in [9.17, 15) is 18.0 Å². The van der Waals surface area contributed by atoms with E-state index in [4.69, 9.17) is 4.52 Å². The predicted molar refractivity (Wildman–Crippen MR) is 73.0 cm³/mol. The number of piperidine rings is 1. The molecule has 0 bridgehead atoms. The number of hydrogen-bond acceptors (Lipinski definition) is 3. The van der Waals surface area contributed by atoms with Gasteiger partial charge in [0.2, 0.25) is 0 Å². The van der Waals surface area contributed by atoms with Gasteiger partial charge in [-0.25, -0.2) is 13.2 Å². The second kappa shape index (κ2) is 5.64. The SMILES string of the molecule is CN1CC[C@H](c2cc(=O)[nH]o2)C[C@@H]1c1cc(F)c(F)c(F)c1. The van der Waals surface area contributed by atoms with Crippen molar-refractivity contribution < 1.29 is 17.7 Å². The van der Waals surface area contributed by atoms with Crippen LogP contribution in [0.4, 0.5) is 13.2 Å². The zero-order chi connectivity index (χ0) is 15.9. The fourth-order valence-corrected chi connectivity index (χ4v) is 3.00. The molecule has 2 aromatic rings. The Morgan fingerprint density at radius 1 is 1.23 bits per heavy atom. The van der Waals surface area contributed by atoms with Gasteiger partial charge in [-0.3, -0.25) is 9.69 Å². The third-order valence-electron chi connectivity index (χ3n) is 4.21. The first-order valence-electron chi connectivity index (χ1n) is 6.99. The molecule has 2 atom stereocenters. The predicted octanol–water partition coefficient (Wildman–Crippen LogP) is 2.94. The first-order valence-corrected chi connectivity index (χ1v) is 6.99. The number of aromatic amines is 1. The molecule has 7 heteroatoms. The van der Waals surface area contributed by atoms with Crippen molar-refractivity contribution >= 4 is 0 Å². The first-order chi connectivity index (χ1) is 10.5. The Morgan fingerprint density at radius 3 is 2.50 bits per heavy atom. The molecule has 1 N–H and O–H groups in total. The highest BCUT2D eigenvalue weighted by atomic mass is 19.2. The van der Waals surface area contributed by atoms with E-state index in [0.717, 1.165) is 18.6 Å². The van der Waals surface area contributed by atoms with E-state index < -0.39 is 17.5 Å².